The second-order valence-electron chi connectivity index (χ2n) is 3.22. The van der Waals surface area contributed by atoms with Gasteiger partial charge in [-0.3, -0.25) is 14.9 Å². The van der Waals surface area contributed by atoms with Crippen molar-refractivity contribution in [1.82, 2.24) is 5.32 Å². The molecule has 0 radical (unpaired) electrons. The molecule has 14 heavy (non-hydrogen) atoms. The first kappa shape index (κ1) is 9.40. The summed E-state index contributed by atoms with van der Waals surface area (Å²) >= 11 is 3.31. The van der Waals surface area contributed by atoms with Crippen molar-refractivity contribution in [2.24, 2.45) is 0 Å². The van der Waals surface area contributed by atoms with Gasteiger partial charge in [-0.05, 0) is 17.7 Å². The molecule has 0 aliphatic carbocycles. The van der Waals surface area contributed by atoms with Gasteiger partial charge < -0.3 is 0 Å². The van der Waals surface area contributed by atoms with E-state index in [9.17, 15) is 9.59 Å². The molecule has 0 bridgehead atoms. The minimum absolute atomic E-state index is 0.192. The van der Waals surface area contributed by atoms with Gasteiger partial charge in [0.05, 0.1) is 5.92 Å². The Hall–Kier alpha value is -1.16. The molecule has 0 saturated carbocycles. The number of imide groups is 1. The largest absolute Gasteiger partial charge is 0.296 e. The van der Waals surface area contributed by atoms with Crippen molar-refractivity contribution in [2.45, 2.75) is 12.3 Å². The van der Waals surface area contributed by atoms with E-state index in [2.05, 4.69) is 21.2 Å². The molecule has 3 nitrogen and oxygen atoms in total. The molecule has 1 N–H and O–H groups in total. The minimum atomic E-state index is -0.310. The number of rotatable bonds is 1. The summed E-state index contributed by atoms with van der Waals surface area (Å²) in [6.45, 7) is 0. The van der Waals surface area contributed by atoms with Gasteiger partial charge in [0.1, 0.15) is 0 Å². The normalized spacial score (nSPS) is 21.1. The third kappa shape index (κ3) is 1.70. The molecule has 1 aliphatic heterocycles. The standard InChI is InChI=1S/C10H8BrNO2/c11-7-3-1-6(2-4-7)8-5-9(13)12-10(8)14/h1-4,8H,5H2,(H,12,13,14). The maximum atomic E-state index is 11.3. The number of amides is 2. The van der Waals surface area contributed by atoms with Crippen molar-refractivity contribution in [1.29, 1.82) is 0 Å². The van der Waals surface area contributed by atoms with Crippen LogP contribution in [0.3, 0.4) is 0 Å². The maximum absolute atomic E-state index is 11.3. The maximum Gasteiger partial charge on any atom is 0.234 e. The number of hydrogen-bond acceptors (Lipinski definition) is 2. The summed E-state index contributed by atoms with van der Waals surface area (Å²) in [7, 11) is 0. The lowest BCUT2D eigenvalue weighted by molar-refractivity contribution is -0.125. The summed E-state index contributed by atoms with van der Waals surface area (Å²) in [5, 5.41) is 2.29. The van der Waals surface area contributed by atoms with Crippen molar-refractivity contribution in [3.63, 3.8) is 0 Å². The van der Waals surface area contributed by atoms with Gasteiger partial charge in [-0.2, -0.15) is 0 Å². The highest BCUT2D eigenvalue weighted by molar-refractivity contribution is 9.10. The first-order valence-electron chi connectivity index (χ1n) is 4.26. The average Bonchev–Trinajstić information content (AvgIpc) is 2.47. The smallest absolute Gasteiger partial charge is 0.234 e. The molecule has 1 aromatic carbocycles. The Bertz CT molecular complexity index is 386. The predicted molar refractivity (Wildman–Crippen MR) is 54.6 cm³/mol. The fourth-order valence-electron chi connectivity index (χ4n) is 1.52. The van der Waals surface area contributed by atoms with Gasteiger partial charge in [-0.25, -0.2) is 0 Å². The highest BCUT2D eigenvalue weighted by Gasteiger charge is 2.31. The molecule has 2 rings (SSSR count). The third-order valence-corrected chi connectivity index (χ3v) is 2.77. The average molecular weight is 254 g/mol. The number of hydrogen-bond donors (Lipinski definition) is 1. The van der Waals surface area contributed by atoms with Crippen LogP contribution in [0.25, 0.3) is 0 Å². The fraction of sp³-hybridized carbons (Fsp3) is 0.200. The molecule has 4 heteroatoms. The molecule has 0 aromatic heterocycles. The number of carbonyl (C=O) groups excluding carboxylic acids is 2. The molecule has 72 valence electrons. The Morgan fingerprint density at radius 2 is 1.86 bits per heavy atom. The summed E-state index contributed by atoms with van der Waals surface area (Å²) in [6, 6.07) is 7.44. The summed E-state index contributed by atoms with van der Waals surface area (Å²) in [4.78, 5) is 22.3. The zero-order chi connectivity index (χ0) is 10.1. The van der Waals surface area contributed by atoms with E-state index in [0.29, 0.717) is 0 Å². The van der Waals surface area contributed by atoms with Crippen molar-refractivity contribution >= 4 is 27.7 Å². The third-order valence-electron chi connectivity index (χ3n) is 2.24. The highest BCUT2D eigenvalue weighted by atomic mass is 79.9. The summed E-state index contributed by atoms with van der Waals surface area (Å²) < 4.78 is 0.964. The van der Waals surface area contributed by atoms with Crippen LogP contribution in [0.5, 0.6) is 0 Å². The van der Waals surface area contributed by atoms with Crippen LogP contribution in [0.1, 0.15) is 17.9 Å². The first-order chi connectivity index (χ1) is 6.66. The van der Waals surface area contributed by atoms with Crippen LogP contribution in [-0.4, -0.2) is 11.8 Å². The molecule has 0 spiro atoms. The molecule has 1 saturated heterocycles. The van der Waals surface area contributed by atoms with E-state index in [4.69, 9.17) is 0 Å². The van der Waals surface area contributed by atoms with Gasteiger partial charge in [-0.15, -0.1) is 0 Å². The fourth-order valence-corrected chi connectivity index (χ4v) is 1.78. The molecule has 1 aromatic rings. The molecular weight excluding hydrogens is 246 g/mol. The van der Waals surface area contributed by atoms with E-state index in [0.717, 1.165) is 10.0 Å². The second kappa shape index (κ2) is 3.53. The summed E-state index contributed by atoms with van der Waals surface area (Å²) in [5.74, 6) is -0.698. The molecule has 2 amide bonds. The highest BCUT2D eigenvalue weighted by Crippen LogP contribution is 2.25. The first-order valence-corrected chi connectivity index (χ1v) is 5.05. The van der Waals surface area contributed by atoms with Crippen molar-refractivity contribution in [2.75, 3.05) is 0 Å². The Balaban J connectivity index is 2.27. The van der Waals surface area contributed by atoms with Gasteiger partial charge >= 0.3 is 0 Å². The van der Waals surface area contributed by atoms with Crippen molar-refractivity contribution in [3.05, 3.63) is 34.3 Å². The Labute approximate surface area is 89.6 Å². The van der Waals surface area contributed by atoms with Crippen LogP contribution in [0, 0.1) is 0 Å². The summed E-state index contributed by atoms with van der Waals surface area (Å²) in [5.41, 5.74) is 0.886. The van der Waals surface area contributed by atoms with Crippen LogP contribution in [-0.2, 0) is 9.59 Å². The molecular formula is C10H8BrNO2. The monoisotopic (exact) mass is 253 g/mol. The van der Waals surface area contributed by atoms with E-state index >= 15 is 0 Å². The molecule has 1 fully saturated rings. The van der Waals surface area contributed by atoms with Crippen LogP contribution < -0.4 is 5.32 Å². The van der Waals surface area contributed by atoms with E-state index in [1.54, 1.807) is 0 Å². The second-order valence-corrected chi connectivity index (χ2v) is 4.14. The summed E-state index contributed by atoms with van der Waals surface area (Å²) in [6.07, 6.45) is 0.264. The minimum Gasteiger partial charge on any atom is -0.296 e. The molecule has 1 heterocycles. The van der Waals surface area contributed by atoms with Crippen LogP contribution in [0.4, 0.5) is 0 Å². The SMILES string of the molecule is O=C1CC(c2ccc(Br)cc2)C(=O)N1. The van der Waals surface area contributed by atoms with E-state index in [1.165, 1.54) is 0 Å². The zero-order valence-corrected chi connectivity index (χ0v) is 8.87. The van der Waals surface area contributed by atoms with Gasteiger partial charge in [0.2, 0.25) is 11.8 Å². The lowest BCUT2D eigenvalue weighted by Crippen LogP contribution is -2.21. The van der Waals surface area contributed by atoms with Gasteiger partial charge in [0.25, 0.3) is 0 Å². The van der Waals surface area contributed by atoms with Crippen molar-refractivity contribution < 1.29 is 9.59 Å². The Kier molecular flexibility index (Phi) is 2.37. The van der Waals surface area contributed by atoms with Gasteiger partial charge in [0.15, 0.2) is 0 Å². The Morgan fingerprint density at radius 1 is 1.21 bits per heavy atom. The molecule has 1 atom stereocenters. The number of halogens is 1. The quantitative estimate of drug-likeness (QED) is 0.773. The zero-order valence-electron chi connectivity index (χ0n) is 7.29. The van der Waals surface area contributed by atoms with E-state index in [1.807, 2.05) is 24.3 Å². The lowest BCUT2D eigenvalue weighted by Gasteiger charge is -2.05. The van der Waals surface area contributed by atoms with Gasteiger partial charge in [0, 0.05) is 10.9 Å². The number of carbonyl (C=O) groups is 2. The van der Waals surface area contributed by atoms with Crippen LogP contribution >= 0.6 is 15.9 Å². The number of nitrogens with one attached hydrogen (secondary N) is 1. The van der Waals surface area contributed by atoms with Crippen molar-refractivity contribution in [3.8, 4) is 0 Å². The van der Waals surface area contributed by atoms with E-state index in [-0.39, 0.29) is 24.2 Å². The number of benzene rings is 1. The van der Waals surface area contributed by atoms with Crippen LogP contribution in [0.15, 0.2) is 28.7 Å². The Morgan fingerprint density at radius 3 is 2.36 bits per heavy atom. The molecule has 1 unspecified atom stereocenters. The van der Waals surface area contributed by atoms with E-state index < -0.39 is 0 Å². The topological polar surface area (TPSA) is 46.2 Å². The molecule has 1 aliphatic rings. The van der Waals surface area contributed by atoms with Crippen LogP contribution in [0.2, 0.25) is 0 Å². The predicted octanol–water partition coefficient (Wildman–Crippen LogP) is 1.58. The lowest BCUT2D eigenvalue weighted by atomic mass is 9.98. The van der Waals surface area contributed by atoms with Gasteiger partial charge in [-0.1, -0.05) is 28.1 Å².